The largest absolute Gasteiger partial charge is 0.386 e. The third-order valence-corrected chi connectivity index (χ3v) is 7.13. The SMILES string of the molecule is CCS(=O)(=O)C(I)C(O)c1cccc(C)c1. The Morgan fingerprint density at radius 1 is 1.44 bits per heavy atom. The lowest BCUT2D eigenvalue weighted by atomic mass is 10.1. The van der Waals surface area contributed by atoms with Gasteiger partial charge in [0.05, 0.1) is 0 Å². The summed E-state index contributed by atoms with van der Waals surface area (Å²) in [5.74, 6) is 0.0451. The summed E-state index contributed by atoms with van der Waals surface area (Å²) in [6.45, 7) is 3.50. The Kier molecular flexibility index (Phi) is 4.75. The van der Waals surface area contributed by atoms with E-state index < -0.39 is 19.2 Å². The van der Waals surface area contributed by atoms with Crippen LogP contribution in [0.15, 0.2) is 24.3 Å². The van der Waals surface area contributed by atoms with Crippen LogP contribution in [0, 0.1) is 6.92 Å². The predicted octanol–water partition coefficient (Wildman–Crippen LogP) is 2.22. The van der Waals surface area contributed by atoms with Crippen LogP contribution in [0.25, 0.3) is 0 Å². The lowest BCUT2D eigenvalue weighted by Gasteiger charge is -2.17. The highest BCUT2D eigenvalue weighted by molar-refractivity contribution is 14.1. The van der Waals surface area contributed by atoms with Crippen LogP contribution >= 0.6 is 22.6 Å². The molecule has 1 aromatic rings. The predicted molar refractivity (Wildman–Crippen MR) is 73.4 cm³/mol. The van der Waals surface area contributed by atoms with Crippen LogP contribution in [0.3, 0.4) is 0 Å². The third-order valence-electron chi connectivity index (χ3n) is 2.38. The first-order chi connectivity index (χ1) is 7.38. The molecule has 0 aliphatic rings. The van der Waals surface area contributed by atoms with Gasteiger partial charge in [0, 0.05) is 5.75 Å². The van der Waals surface area contributed by atoms with E-state index in [2.05, 4.69) is 0 Å². The molecule has 0 bridgehead atoms. The average molecular weight is 354 g/mol. The van der Waals surface area contributed by atoms with Gasteiger partial charge in [-0.15, -0.1) is 0 Å². The van der Waals surface area contributed by atoms with E-state index >= 15 is 0 Å². The fourth-order valence-electron chi connectivity index (χ4n) is 1.36. The van der Waals surface area contributed by atoms with Gasteiger partial charge in [0.25, 0.3) is 0 Å². The maximum Gasteiger partial charge on any atom is 0.164 e. The smallest absolute Gasteiger partial charge is 0.164 e. The molecule has 0 aliphatic carbocycles. The van der Waals surface area contributed by atoms with E-state index in [1.165, 1.54) is 0 Å². The number of aliphatic hydroxyl groups excluding tert-OH is 1. The van der Waals surface area contributed by atoms with Crippen LogP contribution in [0.1, 0.15) is 24.2 Å². The molecule has 1 rings (SSSR count). The van der Waals surface area contributed by atoms with Gasteiger partial charge >= 0.3 is 0 Å². The second-order valence-corrected chi connectivity index (χ2v) is 8.26. The molecule has 90 valence electrons. The normalized spacial score (nSPS) is 15.8. The Morgan fingerprint density at radius 2 is 2.06 bits per heavy atom. The van der Waals surface area contributed by atoms with E-state index in [4.69, 9.17) is 0 Å². The number of rotatable bonds is 4. The average Bonchev–Trinajstić information content (AvgIpc) is 2.27. The minimum absolute atomic E-state index is 0.0451. The second kappa shape index (κ2) is 5.46. The molecular weight excluding hydrogens is 339 g/mol. The van der Waals surface area contributed by atoms with Gasteiger partial charge in [-0.1, -0.05) is 59.3 Å². The van der Waals surface area contributed by atoms with Gasteiger partial charge in [-0.3, -0.25) is 0 Å². The van der Waals surface area contributed by atoms with Gasteiger partial charge in [-0.05, 0) is 12.5 Å². The van der Waals surface area contributed by atoms with E-state index in [1.807, 2.05) is 25.1 Å². The number of aliphatic hydroxyl groups is 1. The monoisotopic (exact) mass is 354 g/mol. The molecule has 5 heteroatoms. The lowest BCUT2D eigenvalue weighted by Crippen LogP contribution is -2.24. The minimum atomic E-state index is -3.22. The Balaban J connectivity index is 2.99. The molecule has 1 N–H and O–H groups in total. The summed E-state index contributed by atoms with van der Waals surface area (Å²) < 4.78 is 22.5. The van der Waals surface area contributed by atoms with Crippen LogP contribution in [0.5, 0.6) is 0 Å². The van der Waals surface area contributed by atoms with Crippen LogP contribution in [-0.2, 0) is 9.84 Å². The van der Waals surface area contributed by atoms with Crippen LogP contribution in [0.4, 0.5) is 0 Å². The molecule has 16 heavy (non-hydrogen) atoms. The summed E-state index contributed by atoms with van der Waals surface area (Å²) in [6.07, 6.45) is -0.967. The fourth-order valence-corrected chi connectivity index (χ4v) is 3.72. The van der Waals surface area contributed by atoms with Gasteiger partial charge in [0.15, 0.2) is 9.84 Å². The molecule has 2 unspecified atom stereocenters. The molecule has 3 nitrogen and oxygen atoms in total. The number of hydrogen-bond acceptors (Lipinski definition) is 3. The van der Waals surface area contributed by atoms with Crippen LogP contribution in [0.2, 0.25) is 0 Å². The topological polar surface area (TPSA) is 54.4 Å². The number of alkyl halides is 1. The van der Waals surface area contributed by atoms with Crippen molar-refractivity contribution in [3.63, 3.8) is 0 Å². The van der Waals surface area contributed by atoms with E-state index in [0.717, 1.165) is 5.56 Å². The van der Waals surface area contributed by atoms with Crippen molar-refractivity contribution in [3.05, 3.63) is 35.4 Å². The molecular formula is C11H15IO3S. The van der Waals surface area contributed by atoms with Gasteiger partial charge < -0.3 is 5.11 Å². The van der Waals surface area contributed by atoms with Crippen molar-refractivity contribution in [3.8, 4) is 0 Å². The lowest BCUT2D eigenvalue weighted by molar-refractivity contribution is 0.197. The van der Waals surface area contributed by atoms with Crippen LogP contribution in [-0.4, -0.2) is 22.5 Å². The molecule has 0 aliphatic heterocycles. The number of aryl methyl sites for hydroxylation is 1. The number of hydrogen-bond donors (Lipinski definition) is 1. The summed E-state index contributed by atoms with van der Waals surface area (Å²) in [5.41, 5.74) is 1.66. The zero-order valence-electron chi connectivity index (χ0n) is 9.22. The highest BCUT2D eigenvalue weighted by Crippen LogP contribution is 2.28. The van der Waals surface area contributed by atoms with Crippen molar-refractivity contribution < 1.29 is 13.5 Å². The van der Waals surface area contributed by atoms with Crippen LogP contribution < -0.4 is 0 Å². The quantitative estimate of drug-likeness (QED) is 0.667. The molecule has 0 saturated heterocycles. The van der Waals surface area contributed by atoms with E-state index in [0.29, 0.717) is 5.56 Å². The summed E-state index contributed by atoms with van der Waals surface area (Å²) in [6, 6.07) is 7.28. The summed E-state index contributed by atoms with van der Waals surface area (Å²) in [7, 11) is -3.22. The number of benzene rings is 1. The highest BCUT2D eigenvalue weighted by Gasteiger charge is 2.29. The molecule has 0 spiro atoms. The highest BCUT2D eigenvalue weighted by atomic mass is 127. The number of sulfone groups is 1. The Bertz CT molecular complexity index is 456. The van der Waals surface area contributed by atoms with E-state index in [1.54, 1.807) is 35.6 Å². The minimum Gasteiger partial charge on any atom is -0.386 e. The Labute approximate surface area is 110 Å². The molecule has 0 heterocycles. The van der Waals surface area contributed by atoms with Gasteiger partial charge in [-0.25, -0.2) is 8.42 Å². The van der Waals surface area contributed by atoms with Gasteiger partial charge in [-0.2, -0.15) is 0 Å². The maximum atomic E-state index is 11.6. The molecule has 0 radical (unpaired) electrons. The molecule has 0 amide bonds. The van der Waals surface area contributed by atoms with Crippen molar-refractivity contribution in [2.45, 2.75) is 23.2 Å². The van der Waals surface area contributed by atoms with E-state index in [-0.39, 0.29) is 5.75 Å². The van der Waals surface area contributed by atoms with Crippen molar-refractivity contribution in [1.29, 1.82) is 0 Å². The first-order valence-electron chi connectivity index (χ1n) is 4.98. The van der Waals surface area contributed by atoms with E-state index in [9.17, 15) is 13.5 Å². The van der Waals surface area contributed by atoms with Crippen molar-refractivity contribution in [1.82, 2.24) is 0 Å². The Hall–Kier alpha value is -0.140. The molecule has 1 aromatic carbocycles. The number of halogens is 1. The summed E-state index contributed by atoms with van der Waals surface area (Å²) >= 11 is 1.79. The summed E-state index contributed by atoms with van der Waals surface area (Å²) in [4.78, 5) is 0. The molecule has 0 fully saturated rings. The molecule has 0 aromatic heterocycles. The standard InChI is InChI=1S/C11H15IO3S/c1-3-16(14,15)11(12)10(13)9-6-4-5-8(2)7-9/h4-7,10-11,13H,3H2,1-2H3. The first kappa shape index (κ1) is 13.9. The molecule has 0 saturated carbocycles. The van der Waals surface area contributed by atoms with Gasteiger partial charge in [0.2, 0.25) is 0 Å². The Morgan fingerprint density at radius 3 is 2.56 bits per heavy atom. The second-order valence-electron chi connectivity index (χ2n) is 3.66. The van der Waals surface area contributed by atoms with Crippen molar-refractivity contribution in [2.75, 3.05) is 5.75 Å². The first-order valence-corrected chi connectivity index (χ1v) is 7.95. The zero-order valence-corrected chi connectivity index (χ0v) is 12.2. The summed E-state index contributed by atoms with van der Waals surface area (Å²) in [5, 5.41) is 9.99. The maximum absolute atomic E-state index is 11.6. The fraction of sp³-hybridized carbons (Fsp3) is 0.455. The molecule has 2 atom stereocenters. The zero-order chi connectivity index (χ0) is 12.3. The third kappa shape index (κ3) is 3.18. The van der Waals surface area contributed by atoms with Gasteiger partial charge in [0.1, 0.15) is 9.36 Å². The van der Waals surface area contributed by atoms with Crippen molar-refractivity contribution >= 4 is 32.4 Å². The van der Waals surface area contributed by atoms with Crippen molar-refractivity contribution in [2.24, 2.45) is 0 Å².